The van der Waals surface area contributed by atoms with E-state index in [1.807, 2.05) is 0 Å². The van der Waals surface area contributed by atoms with Crippen molar-refractivity contribution in [3.05, 3.63) is 0 Å². The maximum Gasteiger partial charge on any atom is 0.0541 e. The Labute approximate surface area is 92.2 Å². The van der Waals surface area contributed by atoms with Crippen molar-refractivity contribution in [3.63, 3.8) is 0 Å². The molecule has 0 radical (unpaired) electrons. The Morgan fingerprint density at radius 2 is 1.93 bits per heavy atom. The Kier molecular flexibility index (Phi) is 4.42. The number of rotatable bonds is 4. The lowest BCUT2D eigenvalue weighted by Gasteiger charge is -2.26. The van der Waals surface area contributed by atoms with Gasteiger partial charge in [-0.25, -0.2) is 0 Å². The van der Waals surface area contributed by atoms with Crippen LogP contribution in [0.1, 0.15) is 38.5 Å². The minimum Gasteiger partial charge on any atom is -0.393 e. The molecule has 3 nitrogen and oxygen atoms in total. The van der Waals surface area contributed by atoms with Crippen molar-refractivity contribution in [1.29, 1.82) is 0 Å². The van der Waals surface area contributed by atoms with Crippen LogP contribution in [0.25, 0.3) is 0 Å². The first-order valence-corrected chi connectivity index (χ1v) is 6.34. The van der Waals surface area contributed by atoms with E-state index in [4.69, 9.17) is 4.74 Å². The Bertz CT molecular complexity index is 172. The molecule has 0 aromatic heterocycles. The number of aliphatic hydroxyl groups excluding tert-OH is 1. The fourth-order valence-electron chi connectivity index (χ4n) is 2.58. The van der Waals surface area contributed by atoms with Gasteiger partial charge in [0.15, 0.2) is 0 Å². The largest absolute Gasteiger partial charge is 0.393 e. The molecule has 0 aromatic carbocycles. The molecule has 15 heavy (non-hydrogen) atoms. The minimum absolute atomic E-state index is 0.0358. The molecule has 0 bridgehead atoms. The fraction of sp³-hybridized carbons (Fsp3) is 1.00. The van der Waals surface area contributed by atoms with E-state index in [-0.39, 0.29) is 6.10 Å². The van der Waals surface area contributed by atoms with Gasteiger partial charge in [0.1, 0.15) is 0 Å². The lowest BCUT2D eigenvalue weighted by atomic mass is 9.93. The van der Waals surface area contributed by atoms with Crippen LogP contribution in [-0.4, -0.2) is 37.0 Å². The number of aliphatic hydroxyl groups is 1. The Morgan fingerprint density at radius 1 is 1.13 bits per heavy atom. The quantitative estimate of drug-likeness (QED) is 0.740. The van der Waals surface area contributed by atoms with E-state index < -0.39 is 0 Å². The molecule has 1 unspecified atom stereocenters. The van der Waals surface area contributed by atoms with E-state index in [1.165, 1.54) is 12.8 Å². The third-order valence-corrected chi connectivity index (χ3v) is 3.71. The lowest BCUT2D eigenvalue weighted by Crippen LogP contribution is -2.35. The number of hydrogen-bond acceptors (Lipinski definition) is 3. The Balaban J connectivity index is 1.53. The molecule has 3 heteroatoms. The van der Waals surface area contributed by atoms with Crippen LogP contribution in [0.5, 0.6) is 0 Å². The summed E-state index contributed by atoms with van der Waals surface area (Å²) in [7, 11) is 0. The van der Waals surface area contributed by atoms with Crippen LogP contribution >= 0.6 is 0 Å². The summed E-state index contributed by atoms with van der Waals surface area (Å²) in [6, 6.07) is 0.649. The van der Waals surface area contributed by atoms with Crippen LogP contribution in [0, 0.1) is 5.92 Å². The molecule has 2 fully saturated rings. The third kappa shape index (κ3) is 3.74. The summed E-state index contributed by atoms with van der Waals surface area (Å²) in [5.74, 6) is 0.784. The highest BCUT2D eigenvalue weighted by Gasteiger charge is 2.20. The molecule has 1 aliphatic heterocycles. The van der Waals surface area contributed by atoms with E-state index >= 15 is 0 Å². The average Bonchev–Trinajstić information content (AvgIpc) is 2.74. The second-order valence-corrected chi connectivity index (χ2v) is 4.98. The normalized spacial score (nSPS) is 37.0. The second-order valence-electron chi connectivity index (χ2n) is 4.98. The molecule has 1 saturated heterocycles. The highest BCUT2D eigenvalue weighted by Crippen LogP contribution is 2.19. The molecule has 2 aliphatic rings. The van der Waals surface area contributed by atoms with Gasteiger partial charge in [0.05, 0.1) is 6.10 Å². The molecule has 1 aliphatic carbocycles. The van der Waals surface area contributed by atoms with Gasteiger partial charge in [0.2, 0.25) is 0 Å². The van der Waals surface area contributed by atoms with Crippen LogP contribution in [0.15, 0.2) is 0 Å². The fourth-order valence-corrected chi connectivity index (χ4v) is 2.58. The van der Waals surface area contributed by atoms with Crippen LogP contribution in [0.2, 0.25) is 0 Å². The first-order valence-electron chi connectivity index (χ1n) is 6.34. The van der Waals surface area contributed by atoms with Gasteiger partial charge in [-0.2, -0.15) is 0 Å². The molecular formula is C12H23NO2. The maximum atomic E-state index is 9.38. The van der Waals surface area contributed by atoms with Gasteiger partial charge in [0, 0.05) is 19.3 Å². The topological polar surface area (TPSA) is 41.5 Å². The minimum atomic E-state index is -0.0358. The van der Waals surface area contributed by atoms with Gasteiger partial charge in [-0.05, 0) is 51.0 Å². The second kappa shape index (κ2) is 5.83. The van der Waals surface area contributed by atoms with E-state index in [1.54, 1.807) is 0 Å². The molecule has 2 rings (SSSR count). The van der Waals surface area contributed by atoms with Crippen molar-refractivity contribution in [3.8, 4) is 0 Å². The SMILES string of the molecule is OC1CCC(NCCC2CCOC2)CC1. The monoisotopic (exact) mass is 213 g/mol. The van der Waals surface area contributed by atoms with Crippen LogP contribution in [-0.2, 0) is 4.74 Å². The highest BCUT2D eigenvalue weighted by molar-refractivity contribution is 4.77. The number of nitrogens with one attached hydrogen (secondary N) is 1. The van der Waals surface area contributed by atoms with Gasteiger partial charge in [-0.15, -0.1) is 0 Å². The van der Waals surface area contributed by atoms with Crippen LogP contribution in [0.3, 0.4) is 0 Å². The van der Waals surface area contributed by atoms with Crippen molar-refractivity contribution in [1.82, 2.24) is 5.32 Å². The van der Waals surface area contributed by atoms with Crippen molar-refractivity contribution >= 4 is 0 Å². The van der Waals surface area contributed by atoms with Crippen molar-refractivity contribution in [2.45, 2.75) is 50.7 Å². The summed E-state index contributed by atoms with van der Waals surface area (Å²) >= 11 is 0. The summed E-state index contributed by atoms with van der Waals surface area (Å²) in [4.78, 5) is 0. The standard InChI is InChI=1S/C12H23NO2/c14-12-3-1-11(2-4-12)13-7-5-10-6-8-15-9-10/h10-14H,1-9H2. The highest BCUT2D eigenvalue weighted by atomic mass is 16.5. The molecule has 1 heterocycles. The number of hydrogen-bond donors (Lipinski definition) is 2. The maximum absolute atomic E-state index is 9.38. The van der Waals surface area contributed by atoms with Crippen LogP contribution < -0.4 is 5.32 Å². The Morgan fingerprint density at radius 3 is 2.60 bits per heavy atom. The zero-order valence-electron chi connectivity index (χ0n) is 9.45. The molecule has 1 atom stereocenters. The average molecular weight is 213 g/mol. The van der Waals surface area contributed by atoms with Crippen molar-refractivity contribution in [2.75, 3.05) is 19.8 Å². The van der Waals surface area contributed by atoms with Gasteiger partial charge < -0.3 is 15.2 Å². The summed E-state index contributed by atoms with van der Waals surface area (Å²) in [5, 5.41) is 13.0. The van der Waals surface area contributed by atoms with E-state index in [0.717, 1.165) is 51.4 Å². The molecule has 0 aromatic rings. The predicted molar refractivity (Wildman–Crippen MR) is 59.8 cm³/mol. The molecule has 1 saturated carbocycles. The molecule has 0 spiro atoms. The summed E-state index contributed by atoms with van der Waals surface area (Å²) in [6.07, 6.45) is 6.69. The van der Waals surface area contributed by atoms with Gasteiger partial charge in [-0.3, -0.25) is 0 Å². The first kappa shape index (κ1) is 11.4. The summed E-state index contributed by atoms with van der Waals surface area (Å²) < 4.78 is 5.35. The molecule has 0 amide bonds. The number of ether oxygens (including phenoxy) is 1. The zero-order valence-corrected chi connectivity index (χ0v) is 9.45. The third-order valence-electron chi connectivity index (χ3n) is 3.71. The van der Waals surface area contributed by atoms with Gasteiger partial charge in [0.25, 0.3) is 0 Å². The van der Waals surface area contributed by atoms with Crippen LogP contribution in [0.4, 0.5) is 0 Å². The molecule has 2 N–H and O–H groups in total. The molecule has 88 valence electrons. The van der Waals surface area contributed by atoms with Gasteiger partial charge in [-0.1, -0.05) is 0 Å². The zero-order chi connectivity index (χ0) is 10.5. The summed E-state index contributed by atoms with van der Waals surface area (Å²) in [5.41, 5.74) is 0. The first-order chi connectivity index (χ1) is 7.34. The molecular weight excluding hydrogens is 190 g/mol. The van der Waals surface area contributed by atoms with Gasteiger partial charge >= 0.3 is 0 Å². The predicted octanol–water partition coefficient (Wildman–Crippen LogP) is 1.31. The smallest absolute Gasteiger partial charge is 0.0541 e. The van der Waals surface area contributed by atoms with E-state index in [0.29, 0.717) is 6.04 Å². The lowest BCUT2D eigenvalue weighted by molar-refractivity contribution is 0.116. The summed E-state index contributed by atoms with van der Waals surface area (Å²) in [6.45, 7) is 3.04. The van der Waals surface area contributed by atoms with E-state index in [2.05, 4.69) is 5.32 Å². The Hall–Kier alpha value is -0.120. The van der Waals surface area contributed by atoms with E-state index in [9.17, 15) is 5.11 Å². The van der Waals surface area contributed by atoms with Crippen molar-refractivity contribution in [2.24, 2.45) is 5.92 Å². The van der Waals surface area contributed by atoms with Crippen molar-refractivity contribution < 1.29 is 9.84 Å².